The average Bonchev–Trinajstić information content (AvgIpc) is 3.09. The maximum Gasteiger partial charge on any atom is 0.420 e. The maximum absolute atomic E-state index is 13.1. The van der Waals surface area contributed by atoms with Crippen LogP contribution in [0, 0.1) is 0 Å². The first kappa shape index (κ1) is 21.3. The van der Waals surface area contributed by atoms with E-state index in [0.29, 0.717) is 23.3 Å². The van der Waals surface area contributed by atoms with Gasteiger partial charge in [-0.15, -0.1) is 0 Å². The molecule has 1 aliphatic heterocycles. The van der Waals surface area contributed by atoms with Crippen molar-refractivity contribution in [3.05, 3.63) is 59.1 Å². The van der Waals surface area contributed by atoms with Gasteiger partial charge in [0.2, 0.25) is 15.9 Å². The van der Waals surface area contributed by atoms with Gasteiger partial charge in [-0.3, -0.25) is 9.36 Å². The van der Waals surface area contributed by atoms with E-state index in [1.54, 1.807) is 40.7 Å². The highest BCUT2D eigenvalue weighted by atomic mass is 32.2. The van der Waals surface area contributed by atoms with E-state index < -0.39 is 21.7 Å². The van der Waals surface area contributed by atoms with Crippen molar-refractivity contribution in [2.75, 3.05) is 11.9 Å². The van der Waals surface area contributed by atoms with Crippen molar-refractivity contribution in [3.63, 3.8) is 0 Å². The maximum atomic E-state index is 13.1. The molecule has 164 valence electrons. The zero-order chi connectivity index (χ0) is 22.0. The number of carbonyl (C=O) groups excluding carboxylic acids is 1. The highest BCUT2D eigenvalue weighted by molar-refractivity contribution is 7.89. The summed E-state index contributed by atoms with van der Waals surface area (Å²) >= 11 is 0. The molecule has 8 nitrogen and oxygen atoms in total. The summed E-state index contributed by atoms with van der Waals surface area (Å²) in [6.07, 6.45) is 3.58. The average molecular weight is 444 g/mol. The summed E-state index contributed by atoms with van der Waals surface area (Å²) in [7, 11) is -3.58. The number of anilines is 1. The third-order valence-corrected chi connectivity index (χ3v) is 7.63. The molecular formula is C22H25N3O5S. The summed E-state index contributed by atoms with van der Waals surface area (Å²) in [4.78, 5) is 24.7. The first-order chi connectivity index (χ1) is 14.9. The van der Waals surface area contributed by atoms with E-state index in [1.807, 2.05) is 6.92 Å². The van der Waals surface area contributed by atoms with Gasteiger partial charge in [0.15, 0.2) is 5.58 Å². The van der Waals surface area contributed by atoms with Crippen LogP contribution in [0.4, 0.5) is 5.69 Å². The van der Waals surface area contributed by atoms with Crippen LogP contribution >= 0.6 is 0 Å². The van der Waals surface area contributed by atoms with Crippen molar-refractivity contribution in [3.8, 4) is 0 Å². The molecule has 2 aromatic carbocycles. The van der Waals surface area contributed by atoms with Crippen LogP contribution in [-0.4, -0.2) is 35.8 Å². The summed E-state index contributed by atoms with van der Waals surface area (Å²) in [6, 6.07) is 13.0. The molecule has 1 fully saturated rings. The highest BCUT2D eigenvalue weighted by Gasteiger charge is 2.32. The Bertz CT molecular complexity index is 1240. The zero-order valence-corrected chi connectivity index (χ0v) is 18.1. The fourth-order valence-corrected chi connectivity index (χ4v) is 5.82. The van der Waals surface area contributed by atoms with E-state index >= 15 is 0 Å². The summed E-state index contributed by atoms with van der Waals surface area (Å²) in [5.74, 6) is -1.02. The number of piperidine rings is 1. The second kappa shape index (κ2) is 8.68. The molecule has 1 aliphatic rings. The molecule has 0 unspecified atom stereocenters. The van der Waals surface area contributed by atoms with Crippen LogP contribution < -0.4 is 11.1 Å². The molecule has 1 atom stereocenters. The SMILES string of the molecule is CC[C@H]1CCCCN1S(=O)(=O)c1ccc(NC(=O)Cn2c(=O)oc3ccccc32)cc1. The molecule has 1 N–H and O–H groups in total. The molecule has 1 amide bonds. The van der Waals surface area contributed by atoms with E-state index in [1.165, 1.54) is 16.7 Å². The second-order valence-corrected chi connectivity index (χ2v) is 9.56. The van der Waals surface area contributed by atoms with Gasteiger partial charge in [-0.05, 0) is 55.7 Å². The van der Waals surface area contributed by atoms with E-state index in [0.717, 1.165) is 25.7 Å². The van der Waals surface area contributed by atoms with Gasteiger partial charge in [0.05, 0.1) is 10.4 Å². The Labute approximate surface area is 180 Å². The van der Waals surface area contributed by atoms with E-state index in [9.17, 15) is 18.0 Å². The Kier molecular flexibility index (Phi) is 5.97. The zero-order valence-electron chi connectivity index (χ0n) is 17.3. The van der Waals surface area contributed by atoms with Crippen molar-refractivity contribution in [1.82, 2.24) is 8.87 Å². The van der Waals surface area contributed by atoms with Crippen molar-refractivity contribution in [2.24, 2.45) is 0 Å². The Balaban J connectivity index is 1.47. The quantitative estimate of drug-likeness (QED) is 0.630. The van der Waals surface area contributed by atoms with Gasteiger partial charge in [-0.25, -0.2) is 13.2 Å². The smallest absolute Gasteiger partial charge is 0.408 e. The number of amides is 1. The van der Waals surface area contributed by atoms with Gasteiger partial charge in [-0.1, -0.05) is 25.5 Å². The Morgan fingerprint density at radius 3 is 2.61 bits per heavy atom. The minimum Gasteiger partial charge on any atom is -0.408 e. The predicted molar refractivity (Wildman–Crippen MR) is 117 cm³/mol. The number of hydrogen-bond acceptors (Lipinski definition) is 5. The molecule has 0 radical (unpaired) electrons. The van der Waals surface area contributed by atoms with Gasteiger partial charge in [0.1, 0.15) is 6.54 Å². The molecule has 0 spiro atoms. The molecule has 0 saturated carbocycles. The largest absolute Gasteiger partial charge is 0.420 e. The number of rotatable bonds is 6. The normalized spacial score (nSPS) is 17.6. The first-order valence-electron chi connectivity index (χ1n) is 10.4. The molecule has 3 aromatic rings. The molecule has 4 rings (SSSR count). The molecule has 2 heterocycles. The number of carbonyl (C=O) groups is 1. The van der Waals surface area contributed by atoms with Crippen LogP contribution in [0.5, 0.6) is 0 Å². The standard InChI is InChI=1S/C22H25N3O5S/c1-2-17-7-5-6-14-25(17)31(28,29)18-12-10-16(11-13-18)23-21(26)15-24-19-8-3-4-9-20(19)30-22(24)27/h3-4,8-13,17H,2,5-7,14-15H2,1H3,(H,23,26)/t17-/m0/s1. The number of nitrogens with zero attached hydrogens (tertiary/aromatic N) is 2. The number of oxazole rings is 1. The fourth-order valence-electron chi connectivity index (χ4n) is 4.05. The first-order valence-corrected chi connectivity index (χ1v) is 11.8. The van der Waals surface area contributed by atoms with E-state index in [2.05, 4.69) is 5.32 Å². The lowest BCUT2D eigenvalue weighted by Crippen LogP contribution is -2.43. The van der Waals surface area contributed by atoms with Crippen molar-refractivity contribution < 1.29 is 17.6 Å². The lowest BCUT2D eigenvalue weighted by Gasteiger charge is -2.34. The number of sulfonamides is 1. The van der Waals surface area contributed by atoms with Crippen molar-refractivity contribution in [1.29, 1.82) is 0 Å². The predicted octanol–water partition coefficient (Wildman–Crippen LogP) is 3.19. The lowest BCUT2D eigenvalue weighted by molar-refractivity contribution is -0.116. The van der Waals surface area contributed by atoms with Crippen LogP contribution in [0.25, 0.3) is 11.1 Å². The molecule has 31 heavy (non-hydrogen) atoms. The van der Waals surface area contributed by atoms with Gasteiger partial charge in [0.25, 0.3) is 0 Å². The number of fused-ring (bicyclic) bond motifs is 1. The van der Waals surface area contributed by atoms with Gasteiger partial charge < -0.3 is 9.73 Å². The molecule has 9 heteroatoms. The minimum atomic E-state index is -3.58. The second-order valence-electron chi connectivity index (χ2n) is 7.67. The summed E-state index contributed by atoms with van der Waals surface area (Å²) in [5.41, 5.74) is 1.41. The molecule has 1 saturated heterocycles. The third-order valence-electron chi connectivity index (χ3n) is 5.66. The van der Waals surface area contributed by atoms with Crippen molar-refractivity contribution >= 4 is 32.7 Å². The van der Waals surface area contributed by atoms with Crippen LogP contribution in [0.3, 0.4) is 0 Å². The van der Waals surface area contributed by atoms with Crippen LogP contribution in [0.1, 0.15) is 32.6 Å². The van der Waals surface area contributed by atoms with Gasteiger partial charge >= 0.3 is 5.76 Å². The lowest BCUT2D eigenvalue weighted by atomic mass is 10.0. The minimum absolute atomic E-state index is 0.0289. The summed E-state index contributed by atoms with van der Waals surface area (Å²) < 4.78 is 34.1. The molecule has 1 aromatic heterocycles. The van der Waals surface area contributed by atoms with E-state index in [-0.39, 0.29) is 17.5 Å². The van der Waals surface area contributed by atoms with E-state index in [4.69, 9.17) is 4.42 Å². The third kappa shape index (κ3) is 4.28. The Morgan fingerprint density at radius 2 is 1.87 bits per heavy atom. The number of hydrogen-bond donors (Lipinski definition) is 1. The van der Waals surface area contributed by atoms with Crippen LogP contribution in [-0.2, 0) is 21.4 Å². The summed E-state index contributed by atoms with van der Waals surface area (Å²) in [5, 5.41) is 2.70. The van der Waals surface area contributed by atoms with Gasteiger partial charge in [0, 0.05) is 18.3 Å². The van der Waals surface area contributed by atoms with Crippen molar-refractivity contribution in [2.45, 2.75) is 50.1 Å². The number of para-hydroxylation sites is 2. The highest BCUT2D eigenvalue weighted by Crippen LogP contribution is 2.27. The number of benzene rings is 2. The summed E-state index contributed by atoms with van der Waals surface area (Å²) in [6.45, 7) is 2.33. The topological polar surface area (TPSA) is 102 Å². The number of nitrogens with one attached hydrogen (secondary N) is 1. The number of aromatic nitrogens is 1. The Hall–Kier alpha value is -2.91. The van der Waals surface area contributed by atoms with Gasteiger partial charge in [-0.2, -0.15) is 4.31 Å². The van der Waals surface area contributed by atoms with Crippen LogP contribution in [0.15, 0.2) is 62.6 Å². The molecule has 0 bridgehead atoms. The monoisotopic (exact) mass is 443 g/mol. The Morgan fingerprint density at radius 1 is 1.13 bits per heavy atom. The molecular weight excluding hydrogens is 418 g/mol. The fraction of sp³-hybridized carbons (Fsp3) is 0.364. The molecule has 0 aliphatic carbocycles. The van der Waals surface area contributed by atoms with Crippen LogP contribution in [0.2, 0.25) is 0 Å².